The number of benzene rings is 3. The average Bonchev–Trinajstić information content (AvgIpc) is 2.80. The standard InChI is InChI=1S/C23H20N4O6S/c1-14-6-9-19(27(32)33)13-21(14)25-22(28)15(2)34-20-5-3-4-17(12-20)24-23(29)16-7-10-18(11-8-16)26(30)31/h3-13,15H,1-2H3,(H,24,29)(H,25,28). The Hall–Kier alpha value is -4.25. The second kappa shape index (κ2) is 10.6. The summed E-state index contributed by atoms with van der Waals surface area (Å²) in [6, 6.07) is 16.4. The quantitative estimate of drug-likeness (QED) is 0.257. The molecule has 0 aliphatic rings. The van der Waals surface area contributed by atoms with Crippen molar-refractivity contribution < 1.29 is 19.4 Å². The van der Waals surface area contributed by atoms with Crippen LogP contribution < -0.4 is 10.6 Å². The van der Waals surface area contributed by atoms with E-state index in [-0.39, 0.29) is 22.8 Å². The van der Waals surface area contributed by atoms with Crippen LogP contribution in [0.2, 0.25) is 0 Å². The lowest BCUT2D eigenvalue weighted by molar-refractivity contribution is -0.385. The molecule has 0 fully saturated rings. The molecule has 3 aromatic rings. The largest absolute Gasteiger partial charge is 0.325 e. The molecule has 2 amide bonds. The zero-order valence-electron chi connectivity index (χ0n) is 18.2. The molecule has 0 aromatic heterocycles. The van der Waals surface area contributed by atoms with Crippen molar-refractivity contribution in [1.29, 1.82) is 0 Å². The van der Waals surface area contributed by atoms with Gasteiger partial charge in [0.15, 0.2) is 0 Å². The SMILES string of the molecule is Cc1ccc([N+](=O)[O-])cc1NC(=O)C(C)Sc1cccc(NC(=O)c2ccc([N+](=O)[O-])cc2)c1. The average molecular weight is 481 g/mol. The third kappa shape index (κ3) is 6.17. The molecule has 0 saturated carbocycles. The number of amides is 2. The fourth-order valence-corrected chi connectivity index (χ4v) is 3.86. The second-order valence-electron chi connectivity index (χ2n) is 7.29. The van der Waals surface area contributed by atoms with E-state index in [4.69, 9.17) is 0 Å². The summed E-state index contributed by atoms with van der Waals surface area (Å²) in [5.41, 5.74) is 1.61. The molecule has 11 heteroatoms. The Morgan fingerprint density at radius 3 is 2.18 bits per heavy atom. The summed E-state index contributed by atoms with van der Waals surface area (Å²) in [6.45, 7) is 3.45. The maximum absolute atomic E-state index is 12.7. The molecule has 1 unspecified atom stereocenters. The number of carbonyl (C=O) groups is 2. The van der Waals surface area contributed by atoms with E-state index in [1.54, 1.807) is 44.2 Å². The van der Waals surface area contributed by atoms with Gasteiger partial charge in [-0.2, -0.15) is 0 Å². The van der Waals surface area contributed by atoms with Gasteiger partial charge < -0.3 is 10.6 Å². The Bertz CT molecular complexity index is 1260. The van der Waals surface area contributed by atoms with Crippen LogP contribution in [-0.4, -0.2) is 26.9 Å². The third-order valence-corrected chi connectivity index (χ3v) is 5.90. The number of aryl methyl sites for hydroxylation is 1. The molecular formula is C23H20N4O6S. The van der Waals surface area contributed by atoms with Crippen LogP contribution in [0, 0.1) is 27.2 Å². The smallest absolute Gasteiger partial charge is 0.271 e. The molecule has 0 aliphatic heterocycles. The van der Waals surface area contributed by atoms with Gasteiger partial charge >= 0.3 is 0 Å². The van der Waals surface area contributed by atoms with E-state index in [9.17, 15) is 29.8 Å². The summed E-state index contributed by atoms with van der Waals surface area (Å²) in [4.78, 5) is 46.5. The predicted octanol–water partition coefficient (Wildman–Crippen LogP) is 5.18. The van der Waals surface area contributed by atoms with E-state index in [0.29, 0.717) is 16.9 Å². The molecule has 0 aliphatic carbocycles. The number of anilines is 2. The minimum Gasteiger partial charge on any atom is -0.325 e. The molecule has 0 heterocycles. The molecule has 2 N–H and O–H groups in total. The van der Waals surface area contributed by atoms with E-state index in [1.165, 1.54) is 48.2 Å². The van der Waals surface area contributed by atoms with Gasteiger partial charge in [-0.3, -0.25) is 29.8 Å². The Labute approximate surface area is 198 Å². The highest BCUT2D eigenvalue weighted by Crippen LogP contribution is 2.28. The number of nitro groups is 2. The molecular weight excluding hydrogens is 460 g/mol. The number of hydrogen-bond acceptors (Lipinski definition) is 7. The lowest BCUT2D eigenvalue weighted by atomic mass is 10.2. The van der Waals surface area contributed by atoms with Crippen LogP contribution in [0.15, 0.2) is 71.6 Å². The fraction of sp³-hybridized carbons (Fsp3) is 0.130. The lowest BCUT2D eigenvalue weighted by Crippen LogP contribution is -2.22. The molecule has 0 spiro atoms. The minimum absolute atomic E-state index is 0.109. The molecule has 10 nitrogen and oxygen atoms in total. The van der Waals surface area contributed by atoms with E-state index < -0.39 is 21.0 Å². The Balaban J connectivity index is 1.64. The van der Waals surface area contributed by atoms with Crippen LogP contribution >= 0.6 is 11.8 Å². The van der Waals surface area contributed by atoms with Crippen LogP contribution in [0.4, 0.5) is 22.7 Å². The topological polar surface area (TPSA) is 144 Å². The fourth-order valence-electron chi connectivity index (χ4n) is 2.94. The van der Waals surface area contributed by atoms with Gasteiger partial charge in [-0.15, -0.1) is 11.8 Å². The first-order valence-corrected chi connectivity index (χ1v) is 10.9. The maximum atomic E-state index is 12.7. The summed E-state index contributed by atoms with van der Waals surface area (Å²) in [7, 11) is 0. The van der Waals surface area contributed by atoms with Crippen molar-refractivity contribution in [3.63, 3.8) is 0 Å². The van der Waals surface area contributed by atoms with Gasteiger partial charge in [0, 0.05) is 40.4 Å². The highest BCUT2D eigenvalue weighted by Gasteiger charge is 2.18. The number of rotatable bonds is 8. The number of nitrogens with zero attached hydrogens (tertiary/aromatic N) is 2. The summed E-state index contributed by atoms with van der Waals surface area (Å²) >= 11 is 1.26. The Morgan fingerprint density at radius 2 is 1.53 bits per heavy atom. The zero-order valence-corrected chi connectivity index (χ0v) is 19.0. The molecule has 0 bridgehead atoms. The van der Waals surface area contributed by atoms with Crippen molar-refractivity contribution in [2.45, 2.75) is 24.0 Å². The highest BCUT2D eigenvalue weighted by molar-refractivity contribution is 8.00. The molecule has 3 rings (SSSR count). The van der Waals surface area contributed by atoms with E-state index in [1.807, 2.05) is 0 Å². The number of thioether (sulfide) groups is 1. The lowest BCUT2D eigenvalue weighted by Gasteiger charge is -2.14. The second-order valence-corrected chi connectivity index (χ2v) is 8.71. The first-order chi connectivity index (χ1) is 16.1. The monoisotopic (exact) mass is 480 g/mol. The number of hydrogen-bond donors (Lipinski definition) is 2. The van der Waals surface area contributed by atoms with Crippen LogP contribution in [0.5, 0.6) is 0 Å². The molecule has 34 heavy (non-hydrogen) atoms. The number of nitro benzene ring substituents is 2. The minimum atomic E-state index is -0.542. The third-order valence-electron chi connectivity index (χ3n) is 4.80. The molecule has 174 valence electrons. The van der Waals surface area contributed by atoms with Crippen molar-refractivity contribution in [2.24, 2.45) is 0 Å². The van der Waals surface area contributed by atoms with Gasteiger partial charge in [0.25, 0.3) is 17.3 Å². The molecule has 3 aromatic carbocycles. The van der Waals surface area contributed by atoms with Gasteiger partial charge in [-0.05, 0) is 49.7 Å². The van der Waals surface area contributed by atoms with Crippen molar-refractivity contribution >= 4 is 46.3 Å². The van der Waals surface area contributed by atoms with Crippen LogP contribution in [-0.2, 0) is 4.79 Å². The van der Waals surface area contributed by atoms with Crippen LogP contribution in [0.3, 0.4) is 0 Å². The van der Waals surface area contributed by atoms with Gasteiger partial charge in [0.1, 0.15) is 0 Å². The number of carbonyl (C=O) groups excluding carboxylic acids is 2. The molecule has 0 saturated heterocycles. The van der Waals surface area contributed by atoms with E-state index in [2.05, 4.69) is 10.6 Å². The van der Waals surface area contributed by atoms with Crippen molar-refractivity contribution in [3.8, 4) is 0 Å². The van der Waals surface area contributed by atoms with E-state index >= 15 is 0 Å². The van der Waals surface area contributed by atoms with Crippen molar-refractivity contribution in [1.82, 2.24) is 0 Å². The summed E-state index contributed by atoms with van der Waals surface area (Å²) in [5.74, 6) is -0.752. The maximum Gasteiger partial charge on any atom is 0.271 e. The predicted molar refractivity (Wildman–Crippen MR) is 129 cm³/mol. The van der Waals surface area contributed by atoms with Gasteiger partial charge in [-0.25, -0.2) is 0 Å². The van der Waals surface area contributed by atoms with E-state index in [0.717, 1.165) is 4.90 Å². The first-order valence-electron chi connectivity index (χ1n) is 10.0. The van der Waals surface area contributed by atoms with Crippen molar-refractivity contribution in [2.75, 3.05) is 10.6 Å². The first kappa shape index (κ1) is 24.4. The van der Waals surface area contributed by atoms with Gasteiger partial charge in [0.2, 0.25) is 5.91 Å². The van der Waals surface area contributed by atoms with Crippen LogP contribution in [0.1, 0.15) is 22.8 Å². The zero-order chi connectivity index (χ0) is 24.8. The van der Waals surface area contributed by atoms with Gasteiger partial charge in [-0.1, -0.05) is 12.1 Å². The number of non-ortho nitro benzene ring substituents is 2. The summed E-state index contributed by atoms with van der Waals surface area (Å²) in [5, 5.41) is 26.7. The van der Waals surface area contributed by atoms with Crippen LogP contribution in [0.25, 0.3) is 0 Å². The Morgan fingerprint density at radius 1 is 0.882 bits per heavy atom. The van der Waals surface area contributed by atoms with Gasteiger partial charge in [0.05, 0.1) is 20.8 Å². The number of nitrogens with one attached hydrogen (secondary N) is 2. The summed E-state index contributed by atoms with van der Waals surface area (Å²) in [6.07, 6.45) is 0. The molecule has 0 radical (unpaired) electrons. The molecule has 1 atom stereocenters. The van der Waals surface area contributed by atoms with Crippen molar-refractivity contribution in [3.05, 3.63) is 98.1 Å². The summed E-state index contributed by atoms with van der Waals surface area (Å²) < 4.78 is 0. The highest BCUT2D eigenvalue weighted by atomic mass is 32.2. The Kier molecular flexibility index (Phi) is 7.59. The normalized spacial score (nSPS) is 11.4.